The molecule has 98 valence electrons. The third kappa shape index (κ3) is 9.09. The molecule has 0 spiro atoms. The Balaban J connectivity index is 3.23. The van der Waals surface area contributed by atoms with Gasteiger partial charge in [0, 0.05) is 13.2 Å². The molecule has 0 saturated heterocycles. The molecule has 16 heavy (non-hydrogen) atoms. The summed E-state index contributed by atoms with van der Waals surface area (Å²) in [5.74, 6) is 0. The minimum absolute atomic E-state index is 0.0839. The second-order valence-corrected chi connectivity index (χ2v) is 4.28. The van der Waals surface area contributed by atoms with Gasteiger partial charge in [-0.25, -0.2) is 0 Å². The van der Waals surface area contributed by atoms with Gasteiger partial charge in [-0.15, -0.1) is 0 Å². The number of aliphatic hydroxyl groups excluding tert-OH is 4. The van der Waals surface area contributed by atoms with E-state index >= 15 is 0 Å². The van der Waals surface area contributed by atoms with Crippen LogP contribution in [0.3, 0.4) is 0 Å². The Hall–Kier alpha value is -0.160. The first-order valence-electron chi connectivity index (χ1n) is 6.30. The van der Waals surface area contributed by atoms with E-state index in [2.05, 4.69) is 0 Å². The molecule has 2 atom stereocenters. The number of aliphatic hydroxyl groups is 4. The molecule has 0 aromatic rings. The molecule has 0 radical (unpaired) electrons. The predicted molar refractivity (Wildman–Crippen MR) is 63.1 cm³/mol. The highest BCUT2D eigenvalue weighted by Gasteiger charge is 2.14. The Labute approximate surface area is 97.9 Å². The van der Waals surface area contributed by atoms with Crippen molar-refractivity contribution in [1.82, 2.24) is 0 Å². The Bertz CT molecular complexity index is 141. The molecule has 0 heterocycles. The Morgan fingerprint density at radius 3 is 1.62 bits per heavy atom. The van der Waals surface area contributed by atoms with Crippen LogP contribution in [0.15, 0.2) is 0 Å². The Morgan fingerprint density at radius 2 is 1.06 bits per heavy atom. The summed E-state index contributed by atoms with van der Waals surface area (Å²) < 4.78 is 0. The van der Waals surface area contributed by atoms with Crippen molar-refractivity contribution < 1.29 is 20.4 Å². The zero-order valence-electron chi connectivity index (χ0n) is 10.0. The highest BCUT2D eigenvalue weighted by atomic mass is 16.3. The molecule has 0 aromatic carbocycles. The fourth-order valence-electron chi connectivity index (χ4n) is 1.69. The average molecular weight is 234 g/mol. The summed E-state index contributed by atoms with van der Waals surface area (Å²) >= 11 is 0. The molecule has 0 fully saturated rings. The van der Waals surface area contributed by atoms with Crippen molar-refractivity contribution in [3.8, 4) is 0 Å². The van der Waals surface area contributed by atoms with Gasteiger partial charge in [-0.2, -0.15) is 0 Å². The van der Waals surface area contributed by atoms with Gasteiger partial charge >= 0.3 is 0 Å². The van der Waals surface area contributed by atoms with Gasteiger partial charge in [0.2, 0.25) is 0 Å². The molecule has 4 heteroatoms. The molecule has 4 nitrogen and oxygen atoms in total. The molecule has 0 aliphatic rings. The third-order valence-electron chi connectivity index (χ3n) is 2.78. The highest BCUT2D eigenvalue weighted by Crippen LogP contribution is 2.11. The minimum atomic E-state index is -0.792. The van der Waals surface area contributed by atoms with E-state index in [4.69, 9.17) is 10.2 Å². The van der Waals surface area contributed by atoms with E-state index in [9.17, 15) is 10.2 Å². The van der Waals surface area contributed by atoms with Crippen LogP contribution in [-0.2, 0) is 0 Å². The molecule has 0 amide bonds. The van der Waals surface area contributed by atoms with E-state index in [0.29, 0.717) is 6.42 Å². The summed E-state index contributed by atoms with van der Waals surface area (Å²) in [6.45, 7) is 0.186. The molecule has 0 saturated carbocycles. The maximum Gasteiger partial charge on any atom is 0.0820 e. The summed E-state index contributed by atoms with van der Waals surface area (Å²) in [5, 5.41) is 36.0. The van der Waals surface area contributed by atoms with Crippen molar-refractivity contribution in [2.24, 2.45) is 0 Å². The lowest BCUT2D eigenvalue weighted by molar-refractivity contribution is -0.000107. The summed E-state index contributed by atoms with van der Waals surface area (Å²) in [7, 11) is 0. The van der Waals surface area contributed by atoms with Crippen molar-refractivity contribution in [2.45, 2.75) is 63.6 Å². The van der Waals surface area contributed by atoms with Crippen LogP contribution in [-0.4, -0.2) is 45.8 Å². The molecular formula is C12H26O4. The number of hydrogen-bond donors (Lipinski definition) is 4. The summed E-state index contributed by atoms with van der Waals surface area (Å²) in [6.07, 6.45) is 5.47. The van der Waals surface area contributed by atoms with Crippen LogP contribution < -0.4 is 0 Å². The first kappa shape index (κ1) is 15.8. The Morgan fingerprint density at radius 1 is 0.562 bits per heavy atom. The van der Waals surface area contributed by atoms with Crippen molar-refractivity contribution in [3.63, 3.8) is 0 Å². The lowest BCUT2D eigenvalue weighted by atomic mass is 10.0. The van der Waals surface area contributed by atoms with Crippen LogP contribution in [0.25, 0.3) is 0 Å². The van der Waals surface area contributed by atoms with E-state index < -0.39 is 12.2 Å². The topological polar surface area (TPSA) is 80.9 Å². The maximum absolute atomic E-state index is 9.50. The second kappa shape index (κ2) is 11.3. The number of unbranched alkanes of at least 4 members (excludes halogenated alkanes) is 5. The van der Waals surface area contributed by atoms with Crippen LogP contribution in [0, 0.1) is 0 Å². The summed E-state index contributed by atoms with van der Waals surface area (Å²) in [4.78, 5) is 0. The van der Waals surface area contributed by atoms with Crippen LogP contribution in [0.1, 0.15) is 51.4 Å². The van der Waals surface area contributed by atoms with E-state index in [1.165, 1.54) is 0 Å². The first-order chi connectivity index (χ1) is 7.72. The van der Waals surface area contributed by atoms with E-state index in [-0.39, 0.29) is 19.6 Å². The molecule has 0 aliphatic carbocycles. The molecular weight excluding hydrogens is 208 g/mol. The Kier molecular flexibility index (Phi) is 11.2. The molecule has 0 rings (SSSR count). The SMILES string of the molecule is OCCCCCCCCC(O)C(O)CCO. The molecule has 0 aromatic heterocycles. The lowest BCUT2D eigenvalue weighted by Gasteiger charge is -2.16. The van der Waals surface area contributed by atoms with Gasteiger partial charge in [-0.05, 0) is 19.3 Å². The maximum atomic E-state index is 9.50. The van der Waals surface area contributed by atoms with Crippen LogP contribution >= 0.6 is 0 Å². The average Bonchev–Trinajstić information content (AvgIpc) is 2.28. The van der Waals surface area contributed by atoms with Gasteiger partial charge in [0.25, 0.3) is 0 Å². The quantitative estimate of drug-likeness (QED) is 0.399. The second-order valence-electron chi connectivity index (χ2n) is 4.28. The zero-order valence-corrected chi connectivity index (χ0v) is 10.0. The van der Waals surface area contributed by atoms with Gasteiger partial charge in [-0.3, -0.25) is 0 Å². The van der Waals surface area contributed by atoms with Crippen molar-refractivity contribution in [2.75, 3.05) is 13.2 Å². The number of hydrogen-bond acceptors (Lipinski definition) is 4. The lowest BCUT2D eigenvalue weighted by Crippen LogP contribution is -2.26. The van der Waals surface area contributed by atoms with Gasteiger partial charge in [0.15, 0.2) is 0 Å². The molecule has 0 aliphatic heterocycles. The van der Waals surface area contributed by atoms with Gasteiger partial charge in [0.1, 0.15) is 0 Å². The van der Waals surface area contributed by atoms with E-state index in [1.54, 1.807) is 0 Å². The monoisotopic (exact) mass is 234 g/mol. The molecule has 2 unspecified atom stereocenters. The van der Waals surface area contributed by atoms with Crippen LogP contribution in [0.4, 0.5) is 0 Å². The number of rotatable bonds is 11. The highest BCUT2D eigenvalue weighted by molar-refractivity contribution is 4.66. The largest absolute Gasteiger partial charge is 0.396 e. The van der Waals surface area contributed by atoms with Gasteiger partial charge < -0.3 is 20.4 Å². The van der Waals surface area contributed by atoms with E-state index in [0.717, 1.165) is 38.5 Å². The minimum Gasteiger partial charge on any atom is -0.396 e. The summed E-state index contributed by atoms with van der Waals surface area (Å²) in [5.41, 5.74) is 0. The van der Waals surface area contributed by atoms with E-state index in [1.807, 2.05) is 0 Å². The normalized spacial score (nSPS) is 15.0. The fourth-order valence-corrected chi connectivity index (χ4v) is 1.69. The summed E-state index contributed by atoms with van der Waals surface area (Å²) in [6, 6.07) is 0. The zero-order chi connectivity index (χ0) is 12.2. The van der Waals surface area contributed by atoms with Crippen LogP contribution in [0.5, 0.6) is 0 Å². The van der Waals surface area contributed by atoms with Crippen LogP contribution in [0.2, 0.25) is 0 Å². The molecule has 0 bridgehead atoms. The smallest absolute Gasteiger partial charge is 0.0820 e. The molecule has 4 N–H and O–H groups in total. The van der Waals surface area contributed by atoms with Crippen molar-refractivity contribution in [1.29, 1.82) is 0 Å². The fraction of sp³-hybridized carbons (Fsp3) is 1.00. The van der Waals surface area contributed by atoms with Gasteiger partial charge in [-0.1, -0.05) is 32.1 Å². The first-order valence-corrected chi connectivity index (χ1v) is 6.30. The third-order valence-corrected chi connectivity index (χ3v) is 2.78. The standard InChI is InChI=1S/C12H26O4/c13-9-6-4-2-1-3-5-7-11(15)12(16)8-10-14/h11-16H,1-10H2. The van der Waals surface area contributed by atoms with Gasteiger partial charge in [0.05, 0.1) is 12.2 Å². The predicted octanol–water partition coefficient (Wildman–Crippen LogP) is 0.814. The van der Waals surface area contributed by atoms with Crippen molar-refractivity contribution in [3.05, 3.63) is 0 Å². The van der Waals surface area contributed by atoms with Crippen molar-refractivity contribution >= 4 is 0 Å².